The van der Waals surface area contributed by atoms with Gasteiger partial charge in [0.25, 0.3) is 11.8 Å². The maximum Gasteiger partial charge on any atom is 0.408 e. The van der Waals surface area contributed by atoms with Gasteiger partial charge in [0.05, 0.1) is 13.2 Å². The minimum atomic E-state index is -0.812. The van der Waals surface area contributed by atoms with Gasteiger partial charge in [0.1, 0.15) is 17.4 Å². The normalized spacial score (nSPS) is 18.6. The Morgan fingerprint density at radius 2 is 1.92 bits per heavy atom. The van der Waals surface area contributed by atoms with Crippen molar-refractivity contribution in [2.75, 3.05) is 7.11 Å². The highest BCUT2D eigenvalue weighted by molar-refractivity contribution is 6.06. The second kappa shape index (κ2) is 8.87. The number of nitrogens with one attached hydrogen (secondary N) is 1. The number of alkyl carbamates (subject to hydrolysis) is 1. The third kappa shape index (κ3) is 5.76. The molecular formula is C18H30N2O5. The van der Waals surface area contributed by atoms with E-state index < -0.39 is 35.6 Å². The Morgan fingerprint density at radius 3 is 2.40 bits per heavy atom. The summed E-state index contributed by atoms with van der Waals surface area (Å²) in [6, 6.07) is -1.23. The van der Waals surface area contributed by atoms with Crippen molar-refractivity contribution >= 4 is 17.9 Å². The molecule has 0 unspecified atom stereocenters. The van der Waals surface area contributed by atoms with Gasteiger partial charge in [-0.3, -0.25) is 14.5 Å². The summed E-state index contributed by atoms with van der Waals surface area (Å²) < 4.78 is 10.5. The third-order valence-electron chi connectivity index (χ3n) is 3.74. The molecule has 0 saturated carbocycles. The quantitative estimate of drug-likeness (QED) is 0.760. The summed E-state index contributed by atoms with van der Waals surface area (Å²) in [6.45, 7) is 9.13. The van der Waals surface area contributed by atoms with Crippen molar-refractivity contribution in [1.29, 1.82) is 0 Å². The van der Waals surface area contributed by atoms with Crippen molar-refractivity contribution < 1.29 is 23.9 Å². The second-order valence-electron chi connectivity index (χ2n) is 7.09. The lowest BCUT2D eigenvalue weighted by atomic mass is 10.1. The Bertz CT molecular complexity index is 536. The summed E-state index contributed by atoms with van der Waals surface area (Å²) >= 11 is 0. The first-order valence-electron chi connectivity index (χ1n) is 8.76. The summed E-state index contributed by atoms with van der Waals surface area (Å²) in [7, 11) is 1.48. The van der Waals surface area contributed by atoms with Gasteiger partial charge in [-0.1, -0.05) is 26.7 Å². The zero-order valence-corrected chi connectivity index (χ0v) is 16.0. The van der Waals surface area contributed by atoms with Gasteiger partial charge >= 0.3 is 6.09 Å². The minimum absolute atomic E-state index is 0.410. The Hall–Kier alpha value is -2.05. The van der Waals surface area contributed by atoms with Crippen LogP contribution in [0.3, 0.4) is 0 Å². The molecule has 1 N–H and O–H groups in total. The van der Waals surface area contributed by atoms with Crippen LogP contribution in [0, 0.1) is 0 Å². The van der Waals surface area contributed by atoms with Crippen molar-refractivity contribution in [3.05, 3.63) is 11.8 Å². The van der Waals surface area contributed by atoms with Gasteiger partial charge in [-0.05, 0) is 33.6 Å². The van der Waals surface area contributed by atoms with Gasteiger partial charge in [-0.15, -0.1) is 0 Å². The standard InChI is InChI=1S/C18H30N2O5/c1-7-9-12(19-17(23)25-18(3,4)5)16(22)20-13(10-8-2)14(24-6)11-15(20)21/h11-13H,7-10H2,1-6H3,(H,19,23)/t12-,13-/m1/s1. The molecule has 1 aliphatic rings. The summed E-state index contributed by atoms with van der Waals surface area (Å²) in [5.74, 6) is -0.362. The van der Waals surface area contributed by atoms with Crippen molar-refractivity contribution in [3.63, 3.8) is 0 Å². The fourth-order valence-corrected chi connectivity index (χ4v) is 2.73. The van der Waals surface area contributed by atoms with Crippen LogP contribution in [0.5, 0.6) is 0 Å². The van der Waals surface area contributed by atoms with Crippen LogP contribution in [0.15, 0.2) is 11.8 Å². The number of methoxy groups -OCH3 is 1. The number of carbonyl (C=O) groups is 3. The highest BCUT2D eigenvalue weighted by Crippen LogP contribution is 2.25. The molecule has 1 rings (SSSR count). The molecule has 7 heteroatoms. The van der Waals surface area contributed by atoms with Crippen molar-refractivity contribution in [2.45, 2.75) is 78.0 Å². The molecule has 0 aromatic heterocycles. The highest BCUT2D eigenvalue weighted by atomic mass is 16.6. The predicted octanol–water partition coefficient (Wildman–Crippen LogP) is 2.75. The molecule has 0 spiro atoms. The van der Waals surface area contributed by atoms with Crippen LogP contribution >= 0.6 is 0 Å². The second-order valence-corrected chi connectivity index (χ2v) is 7.09. The Kier molecular flexibility index (Phi) is 7.45. The fourth-order valence-electron chi connectivity index (χ4n) is 2.73. The summed E-state index contributed by atoms with van der Waals surface area (Å²) in [6.07, 6.45) is 3.18. The largest absolute Gasteiger partial charge is 0.499 e. The number of hydrogen-bond donors (Lipinski definition) is 1. The van der Waals surface area contributed by atoms with Crippen LogP contribution in [0.2, 0.25) is 0 Å². The van der Waals surface area contributed by atoms with Crippen molar-refractivity contribution in [1.82, 2.24) is 10.2 Å². The lowest BCUT2D eigenvalue weighted by Crippen LogP contribution is -2.52. The van der Waals surface area contributed by atoms with Crippen LogP contribution < -0.4 is 5.32 Å². The number of nitrogens with zero attached hydrogens (tertiary/aromatic N) is 1. The minimum Gasteiger partial charge on any atom is -0.499 e. The van der Waals surface area contributed by atoms with Gasteiger partial charge in [0.15, 0.2) is 0 Å². The average molecular weight is 354 g/mol. The van der Waals surface area contributed by atoms with E-state index in [0.29, 0.717) is 25.0 Å². The zero-order valence-electron chi connectivity index (χ0n) is 16.0. The van der Waals surface area contributed by atoms with E-state index in [4.69, 9.17) is 9.47 Å². The summed E-state index contributed by atoms with van der Waals surface area (Å²) in [4.78, 5) is 38.5. The molecule has 0 fully saturated rings. The Balaban J connectivity index is 2.94. The summed E-state index contributed by atoms with van der Waals surface area (Å²) in [5, 5.41) is 2.60. The lowest BCUT2D eigenvalue weighted by molar-refractivity contribution is -0.144. The van der Waals surface area contributed by atoms with E-state index >= 15 is 0 Å². The molecule has 1 aliphatic heterocycles. The molecule has 25 heavy (non-hydrogen) atoms. The van der Waals surface area contributed by atoms with E-state index in [-0.39, 0.29) is 0 Å². The molecular weight excluding hydrogens is 324 g/mol. The molecule has 0 saturated heterocycles. The SMILES string of the molecule is CCC[C@@H]1C(OC)=CC(=O)N1C(=O)[C@@H](CCC)NC(=O)OC(C)(C)C. The van der Waals surface area contributed by atoms with Crippen LogP contribution in [-0.2, 0) is 19.1 Å². The number of hydrogen-bond acceptors (Lipinski definition) is 5. The van der Waals surface area contributed by atoms with E-state index in [0.717, 1.165) is 6.42 Å². The first-order chi connectivity index (χ1) is 11.6. The third-order valence-corrected chi connectivity index (χ3v) is 3.74. The summed E-state index contributed by atoms with van der Waals surface area (Å²) in [5.41, 5.74) is -0.664. The van der Waals surface area contributed by atoms with E-state index in [1.54, 1.807) is 20.8 Å². The van der Waals surface area contributed by atoms with Gasteiger partial charge in [-0.2, -0.15) is 0 Å². The topological polar surface area (TPSA) is 84.9 Å². The molecule has 0 radical (unpaired) electrons. The Morgan fingerprint density at radius 1 is 1.28 bits per heavy atom. The Labute approximate surface area is 149 Å². The van der Waals surface area contributed by atoms with E-state index in [9.17, 15) is 14.4 Å². The van der Waals surface area contributed by atoms with Gasteiger partial charge in [-0.25, -0.2) is 4.79 Å². The van der Waals surface area contributed by atoms with E-state index in [2.05, 4.69) is 5.32 Å². The molecule has 1 heterocycles. The molecule has 7 nitrogen and oxygen atoms in total. The van der Waals surface area contributed by atoms with Crippen LogP contribution in [-0.4, -0.2) is 47.6 Å². The van der Waals surface area contributed by atoms with Gasteiger partial charge < -0.3 is 14.8 Å². The maximum absolute atomic E-state index is 12.9. The molecule has 0 aliphatic carbocycles. The molecule has 0 bridgehead atoms. The average Bonchev–Trinajstić information content (AvgIpc) is 2.80. The lowest BCUT2D eigenvalue weighted by Gasteiger charge is -2.29. The highest BCUT2D eigenvalue weighted by Gasteiger charge is 2.40. The fraction of sp³-hybridized carbons (Fsp3) is 0.722. The zero-order chi connectivity index (χ0) is 19.2. The van der Waals surface area contributed by atoms with Gasteiger partial charge in [0.2, 0.25) is 0 Å². The van der Waals surface area contributed by atoms with E-state index in [1.807, 2.05) is 13.8 Å². The van der Waals surface area contributed by atoms with Crippen molar-refractivity contribution in [3.8, 4) is 0 Å². The molecule has 2 atom stereocenters. The number of rotatable bonds is 7. The first-order valence-corrected chi connectivity index (χ1v) is 8.76. The first kappa shape index (κ1) is 21.0. The number of ether oxygens (including phenoxy) is 2. The van der Waals surface area contributed by atoms with Gasteiger partial charge in [0, 0.05) is 6.08 Å². The molecule has 142 valence electrons. The molecule has 0 aromatic rings. The number of imide groups is 1. The van der Waals surface area contributed by atoms with E-state index in [1.165, 1.54) is 18.1 Å². The van der Waals surface area contributed by atoms with Crippen LogP contribution in [0.4, 0.5) is 4.79 Å². The predicted molar refractivity (Wildman–Crippen MR) is 93.7 cm³/mol. The smallest absolute Gasteiger partial charge is 0.408 e. The number of amides is 3. The molecule has 3 amide bonds. The molecule has 0 aromatic carbocycles. The maximum atomic E-state index is 12.9. The number of carbonyl (C=O) groups excluding carboxylic acids is 3. The van der Waals surface area contributed by atoms with Crippen LogP contribution in [0.1, 0.15) is 60.3 Å². The monoisotopic (exact) mass is 354 g/mol. The van der Waals surface area contributed by atoms with Crippen molar-refractivity contribution in [2.24, 2.45) is 0 Å². The van der Waals surface area contributed by atoms with Crippen LogP contribution in [0.25, 0.3) is 0 Å².